The highest BCUT2D eigenvalue weighted by Gasteiger charge is 2.22. The number of aromatic nitrogens is 2. The van der Waals surface area contributed by atoms with E-state index < -0.39 is 0 Å². The molecule has 0 aliphatic carbocycles. The van der Waals surface area contributed by atoms with Crippen LogP contribution in [-0.2, 0) is 6.42 Å². The molecule has 1 aromatic rings. The number of hydrogen-bond acceptors (Lipinski definition) is 2. The molecule has 0 bridgehead atoms. The van der Waals surface area contributed by atoms with E-state index in [0.717, 1.165) is 18.9 Å². The first-order valence-corrected chi connectivity index (χ1v) is 5.56. The van der Waals surface area contributed by atoms with Crippen LogP contribution >= 0.6 is 0 Å². The zero-order valence-electron chi connectivity index (χ0n) is 9.01. The quantitative estimate of drug-likeness (QED) is 0.771. The molecule has 78 valence electrons. The molecule has 1 aromatic heterocycles. The summed E-state index contributed by atoms with van der Waals surface area (Å²) in [5, 5.41) is 3.54. The van der Waals surface area contributed by atoms with Gasteiger partial charge in [0.2, 0.25) is 0 Å². The largest absolute Gasteiger partial charge is 0.348 e. The molecule has 2 heterocycles. The van der Waals surface area contributed by atoms with Crippen LogP contribution < -0.4 is 5.32 Å². The Bertz CT molecular complexity index is 292. The smallest absolute Gasteiger partial charge is 0.0925 e. The maximum Gasteiger partial charge on any atom is 0.0925 e. The van der Waals surface area contributed by atoms with Gasteiger partial charge >= 0.3 is 0 Å². The highest BCUT2D eigenvalue weighted by Crippen LogP contribution is 2.26. The minimum Gasteiger partial charge on any atom is -0.348 e. The summed E-state index contributed by atoms with van der Waals surface area (Å²) < 4.78 is 0. The van der Waals surface area contributed by atoms with Crippen molar-refractivity contribution >= 4 is 0 Å². The second-order valence-electron chi connectivity index (χ2n) is 4.27. The number of aromatic amines is 1. The summed E-state index contributed by atoms with van der Waals surface area (Å²) in [6, 6.07) is 0.472. The molecule has 0 fully saturated rings. The van der Waals surface area contributed by atoms with Crippen molar-refractivity contribution in [3.8, 4) is 0 Å². The lowest BCUT2D eigenvalue weighted by Crippen LogP contribution is -2.31. The average molecular weight is 193 g/mol. The average Bonchev–Trinajstić information content (AvgIpc) is 2.66. The Morgan fingerprint density at radius 1 is 1.64 bits per heavy atom. The highest BCUT2D eigenvalue weighted by molar-refractivity contribution is 5.19. The fourth-order valence-electron chi connectivity index (χ4n) is 2.06. The molecule has 0 amide bonds. The van der Waals surface area contributed by atoms with E-state index in [2.05, 4.69) is 29.1 Å². The molecule has 0 saturated heterocycles. The molecule has 0 aromatic carbocycles. The Morgan fingerprint density at radius 3 is 3.29 bits per heavy atom. The summed E-state index contributed by atoms with van der Waals surface area (Å²) >= 11 is 0. The first-order chi connectivity index (χ1) is 6.81. The Balaban J connectivity index is 2.08. The minimum absolute atomic E-state index is 0.472. The van der Waals surface area contributed by atoms with Gasteiger partial charge in [-0.15, -0.1) is 0 Å². The van der Waals surface area contributed by atoms with E-state index in [-0.39, 0.29) is 0 Å². The van der Waals surface area contributed by atoms with Crippen molar-refractivity contribution in [1.29, 1.82) is 0 Å². The molecule has 0 radical (unpaired) electrons. The van der Waals surface area contributed by atoms with Crippen LogP contribution in [0.1, 0.15) is 44.1 Å². The maximum absolute atomic E-state index is 4.41. The van der Waals surface area contributed by atoms with E-state index in [1.807, 2.05) is 6.33 Å². The standard InChI is InChI=1S/C11H19N3/c1-3-8(2)6-10-11-9(4-5-12-10)13-7-14-11/h7-8,10,12H,3-6H2,1-2H3,(H,13,14). The van der Waals surface area contributed by atoms with Crippen molar-refractivity contribution in [1.82, 2.24) is 15.3 Å². The molecule has 2 atom stereocenters. The monoisotopic (exact) mass is 193 g/mol. The van der Waals surface area contributed by atoms with E-state index in [4.69, 9.17) is 0 Å². The third-order valence-corrected chi connectivity index (χ3v) is 3.18. The molecule has 2 rings (SSSR count). The summed E-state index contributed by atoms with van der Waals surface area (Å²) in [5.41, 5.74) is 2.58. The highest BCUT2D eigenvalue weighted by atomic mass is 15.0. The molecule has 1 aliphatic heterocycles. The van der Waals surface area contributed by atoms with Crippen LogP contribution in [0.2, 0.25) is 0 Å². The fourth-order valence-corrected chi connectivity index (χ4v) is 2.06. The molecule has 2 N–H and O–H groups in total. The molecular formula is C11H19N3. The second-order valence-corrected chi connectivity index (χ2v) is 4.27. The van der Waals surface area contributed by atoms with Crippen molar-refractivity contribution in [3.05, 3.63) is 17.7 Å². The van der Waals surface area contributed by atoms with Crippen LogP contribution in [-0.4, -0.2) is 16.5 Å². The van der Waals surface area contributed by atoms with Gasteiger partial charge < -0.3 is 10.3 Å². The molecule has 0 saturated carbocycles. The maximum atomic E-state index is 4.41. The number of nitrogens with zero attached hydrogens (tertiary/aromatic N) is 1. The minimum atomic E-state index is 0.472. The van der Waals surface area contributed by atoms with Crippen LogP contribution in [0.25, 0.3) is 0 Å². The Hall–Kier alpha value is -0.830. The zero-order valence-corrected chi connectivity index (χ0v) is 9.01. The fraction of sp³-hybridized carbons (Fsp3) is 0.727. The van der Waals surface area contributed by atoms with Gasteiger partial charge in [-0.3, -0.25) is 0 Å². The molecule has 0 spiro atoms. The molecule has 2 unspecified atom stereocenters. The topological polar surface area (TPSA) is 40.7 Å². The summed E-state index contributed by atoms with van der Waals surface area (Å²) in [6.07, 6.45) is 5.36. The summed E-state index contributed by atoms with van der Waals surface area (Å²) in [4.78, 5) is 7.64. The number of fused-ring (bicyclic) bond motifs is 1. The van der Waals surface area contributed by atoms with Gasteiger partial charge in [0.25, 0.3) is 0 Å². The lowest BCUT2D eigenvalue weighted by molar-refractivity contribution is 0.383. The number of hydrogen-bond donors (Lipinski definition) is 2. The van der Waals surface area contributed by atoms with E-state index >= 15 is 0 Å². The first-order valence-electron chi connectivity index (χ1n) is 5.56. The van der Waals surface area contributed by atoms with Crippen molar-refractivity contribution < 1.29 is 0 Å². The predicted molar refractivity (Wildman–Crippen MR) is 57.1 cm³/mol. The number of rotatable bonds is 3. The molecule has 14 heavy (non-hydrogen) atoms. The molecule has 3 heteroatoms. The third kappa shape index (κ3) is 1.82. The van der Waals surface area contributed by atoms with Gasteiger partial charge in [0.15, 0.2) is 0 Å². The van der Waals surface area contributed by atoms with Gasteiger partial charge in [-0.05, 0) is 12.3 Å². The first kappa shape index (κ1) is 9.71. The zero-order chi connectivity index (χ0) is 9.97. The van der Waals surface area contributed by atoms with E-state index in [1.165, 1.54) is 24.2 Å². The summed E-state index contributed by atoms with van der Waals surface area (Å²) in [7, 11) is 0. The van der Waals surface area contributed by atoms with Crippen molar-refractivity contribution in [2.75, 3.05) is 6.54 Å². The normalized spacial score (nSPS) is 23.1. The van der Waals surface area contributed by atoms with E-state index in [9.17, 15) is 0 Å². The van der Waals surface area contributed by atoms with Crippen molar-refractivity contribution in [2.24, 2.45) is 5.92 Å². The molecule has 3 nitrogen and oxygen atoms in total. The third-order valence-electron chi connectivity index (χ3n) is 3.18. The van der Waals surface area contributed by atoms with E-state index in [1.54, 1.807) is 0 Å². The number of imidazole rings is 1. The van der Waals surface area contributed by atoms with Gasteiger partial charge in [0.1, 0.15) is 0 Å². The summed E-state index contributed by atoms with van der Waals surface area (Å²) in [5.74, 6) is 0.773. The van der Waals surface area contributed by atoms with Gasteiger partial charge in [-0.25, -0.2) is 4.98 Å². The van der Waals surface area contributed by atoms with Gasteiger partial charge in [-0.1, -0.05) is 20.3 Å². The van der Waals surface area contributed by atoms with Gasteiger partial charge in [0, 0.05) is 18.7 Å². The molecular weight excluding hydrogens is 174 g/mol. The van der Waals surface area contributed by atoms with Crippen LogP contribution in [0.15, 0.2) is 6.33 Å². The van der Waals surface area contributed by atoms with Crippen LogP contribution in [0.5, 0.6) is 0 Å². The van der Waals surface area contributed by atoms with Gasteiger partial charge in [0.05, 0.1) is 18.1 Å². The number of nitrogens with one attached hydrogen (secondary N) is 2. The number of H-pyrrole nitrogens is 1. The lowest BCUT2D eigenvalue weighted by Gasteiger charge is -2.25. The Labute approximate surface area is 85.3 Å². The predicted octanol–water partition coefficient (Wildman–Crippen LogP) is 2.03. The summed E-state index contributed by atoms with van der Waals surface area (Å²) in [6.45, 7) is 5.64. The molecule has 1 aliphatic rings. The van der Waals surface area contributed by atoms with Gasteiger partial charge in [-0.2, -0.15) is 0 Å². The van der Waals surface area contributed by atoms with Crippen molar-refractivity contribution in [3.63, 3.8) is 0 Å². The van der Waals surface area contributed by atoms with Crippen LogP contribution in [0, 0.1) is 5.92 Å². The lowest BCUT2D eigenvalue weighted by atomic mass is 9.94. The Morgan fingerprint density at radius 2 is 2.50 bits per heavy atom. The van der Waals surface area contributed by atoms with Crippen molar-refractivity contribution in [2.45, 2.75) is 39.2 Å². The van der Waals surface area contributed by atoms with Crippen LogP contribution in [0.3, 0.4) is 0 Å². The second kappa shape index (κ2) is 4.13. The SMILES string of the molecule is CCC(C)CC1NCCc2[nH]cnc21. The van der Waals surface area contributed by atoms with Crippen LogP contribution in [0.4, 0.5) is 0 Å². The Kier molecular flexibility index (Phi) is 2.87. The van der Waals surface area contributed by atoms with E-state index in [0.29, 0.717) is 6.04 Å².